The predicted octanol–water partition coefficient (Wildman–Crippen LogP) is 4.89. The molecule has 4 aliphatic rings. The fraction of sp³-hybridized carbons (Fsp3) is 0.810. The van der Waals surface area contributed by atoms with Gasteiger partial charge in [-0.25, -0.2) is 0 Å². The predicted molar refractivity (Wildman–Crippen MR) is 90.7 cm³/mol. The Morgan fingerprint density at radius 2 is 2.04 bits per heavy atom. The van der Waals surface area contributed by atoms with E-state index >= 15 is 0 Å². The zero-order valence-electron chi connectivity index (χ0n) is 15.1. The van der Waals surface area contributed by atoms with Gasteiger partial charge in [-0.15, -0.1) is 5.73 Å². The molecule has 3 fully saturated rings. The van der Waals surface area contributed by atoms with E-state index in [2.05, 4.69) is 32.6 Å². The molecule has 0 amide bonds. The Morgan fingerprint density at radius 3 is 2.78 bits per heavy atom. The summed E-state index contributed by atoms with van der Waals surface area (Å²) in [5.41, 5.74) is 5.54. The lowest BCUT2D eigenvalue weighted by Gasteiger charge is -2.59. The fourth-order valence-corrected chi connectivity index (χ4v) is 7.08. The number of rotatable bonds is 1. The topological polar surface area (TPSA) is 26.3 Å². The normalized spacial score (nSPS) is 50.8. The molecular weight excluding hydrogens is 284 g/mol. The van der Waals surface area contributed by atoms with Gasteiger partial charge in [0.1, 0.15) is 0 Å². The minimum absolute atomic E-state index is 0.00225. The number of methoxy groups -OCH3 is 1. The summed E-state index contributed by atoms with van der Waals surface area (Å²) in [5.74, 6) is 1.93. The van der Waals surface area contributed by atoms with Crippen LogP contribution in [0.5, 0.6) is 0 Å². The third kappa shape index (κ3) is 1.85. The highest BCUT2D eigenvalue weighted by Crippen LogP contribution is 2.69. The molecule has 0 aromatic carbocycles. The quantitative estimate of drug-likeness (QED) is 0.508. The highest BCUT2D eigenvalue weighted by atomic mass is 16.5. The van der Waals surface area contributed by atoms with Crippen LogP contribution in [0.25, 0.3) is 0 Å². The Bertz CT molecular complexity index is 609. The van der Waals surface area contributed by atoms with Gasteiger partial charge in [0.25, 0.3) is 0 Å². The first-order valence-corrected chi connectivity index (χ1v) is 9.42. The fourth-order valence-electron chi connectivity index (χ4n) is 7.08. The van der Waals surface area contributed by atoms with E-state index in [9.17, 15) is 4.79 Å². The number of hydrogen-bond acceptors (Lipinski definition) is 2. The van der Waals surface area contributed by atoms with E-state index < -0.39 is 0 Å². The number of allylic oxidation sites excluding steroid dienone is 1. The van der Waals surface area contributed by atoms with Gasteiger partial charge >= 0.3 is 5.97 Å². The zero-order valence-corrected chi connectivity index (χ0v) is 15.1. The molecule has 0 heterocycles. The van der Waals surface area contributed by atoms with Crippen LogP contribution in [0.3, 0.4) is 0 Å². The van der Waals surface area contributed by atoms with Crippen LogP contribution in [0.2, 0.25) is 0 Å². The van der Waals surface area contributed by atoms with Crippen molar-refractivity contribution in [1.29, 1.82) is 0 Å². The summed E-state index contributed by atoms with van der Waals surface area (Å²) in [6.45, 7) is 7.00. The number of ether oxygens (including phenoxy) is 1. The molecule has 4 aliphatic carbocycles. The van der Waals surface area contributed by atoms with Gasteiger partial charge < -0.3 is 4.74 Å². The molecule has 2 heteroatoms. The van der Waals surface area contributed by atoms with Crippen molar-refractivity contribution in [1.82, 2.24) is 0 Å². The van der Waals surface area contributed by atoms with Crippen molar-refractivity contribution < 1.29 is 9.53 Å². The Kier molecular flexibility index (Phi) is 3.21. The molecule has 4 rings (SSSR count). The van der Waals surface area contributed by atoms with Crippen molar-refractivity contribution >= 4 is 5.97 Å². The smallest absolute Gasteiger partial charge is 0.311 e. The molecule has 0 unspecified atom stereocenters. The second kappa shape index (κ2) is 4.76. The first kappa shape index (κ1) is 15.5. The van der Waals surface area contributed by atoms with Crippen molar-refractivity contribution in [2.75, 3.05) is 7.11 Å². The SMILES string of the molecule is COC(=O)[C@]1(C)CCC[C@@]2(C)C3=C=C[C@@H]4C[C@@]3(CC[C@H]12)C[C@@H]4C. The summed E-state index contributed by atoms with van der Waals surface area (Å²) >= 11 is 0. The summed E-state index contributed by atoms with van der Waals surface area (Å²) in [6, 6.07) is 0. The van der Waals surface area contributed by atoms with E-state index in [-0.39, 0.29) is 16.8 Å². The molecule has 126 valence electrons. The van der Waals surface area contributed by atoms with Crippen LogP contribution in [0, 0.1) is 34.0 Å². The lowest BCUT2D eigenvalue weighted by molar-refractivity contribution is -0.165. The van der Waals surface area contributed by atoms with Crippen molar-refractivity contribution in [3.8, 4) is 0 Å². The first-order chi connectivity index (χ1) is 10.9. The number of carbonyl (C=O) groups is 1. The molecule has 0 aromatic rings. The molecule has 23 heavy (non-hydrogen) atoms. The third-order valence-electron chi connectivity index (χ3n) is 8.11. The van der Waals surface area contributed by atoms with Crippen LogP contribution < -0.4 is 0 Å². The van der Waals surface area contributed by atoms with E-state index in [0.29, 0.717) is 11.3 Å². The monoisotopic (exact) mass is 314 g/mol. The Hall–Kier alpha value is -1.01. The van der Waals surface area contributed by atoms with Crippen molar-refractivity contribution in [3.05, 3.63) is 17.4 Å². The van der Waals surface area contributed by atoms with E-state index in [0.717, 1.165) is 24.7 Å². The molecule has 0 aliphatic heterocycles. The number of fused-ring (bicyclic) bond motifs is 3. The number of hydrogen-bond donors (Lipinski definition) is 0. The van der Waals surface area contributed by atoms with E-state index in [4.69, 9.17) is 4.74 Å². The molecule has 3 saturated carbocycles. The average Bonchev–Trinajstić information content (AvgIpc) is 2.75. The first-order valence-electron chi connectivity index (χ1n) is 9.42. The van der Waals surface area contributed by atoms with Gasteiger partial charge in [0, 0.05) is 10.8 Å². The van der Waals surface area contributed by atoms with Crippen LogP contribution in [-0.4, -0.2) is 13.1 Å². The molecule has 2 nitrogen and oxygen atoms in total. The van der Waals surface area contributed by atoms with Crippen LogP contribution >= 0.6 is 0 Å². The van der Waals surface area contributed by atoms with Gasteiger partial charge in [0.2, 0.25) is 0 Å². The molecule has 1 spiro atoms. The lowest BCUT2D eigenvalue weighted by atomic mass is 9.44. The molecule has 0 radical (unpaired) electrons. The molecular formula is C21H30O2. The van der Waals surface area contributed by atoms with E-state index in [1.807, 2.05) is 0 Å². The number of esters is 1. The van der Waals surface area contributed by atoms with Gasteiger partial charge in [-0.1, -0.05) is 20.3 Å². The molecule has 0 N–H and O–H groups in total. The summed E-state index contributed by atoms with van der Waals surface area (Å²) < 4.78 is 5.22. The minimum atomic E-state index is -0.320. The molecule has 0 aromatic heterocycles. The van der Waals surface area contributed by atoms with Crippen LogP contribution in [0.1, 0.15) is 65.7 Å². The highest BCUT2D eigenvalue weighted by molar-refractivity contribution is 5.77. The highest BCUT2D eigenvalue weighted by Gasteiger charge is 2.62. The standard InChI is InChI=1S/C21H30O2/c1-14-12-21-11-8-16-19(2,17(21)7-6-15(14)13-21)9-5-10-20(16,3)18(22)23-4/h6,14-16H,5,8-13H2,1-4H3/t14-,15+,16-,19+,20+,21+/m0/s1. The van der Waals surface area contributed by atoms with Gasteiger partial charge in [-0.3, -0.25) is 4.79 Å². The Morgan fingerprint density at radius 1 is 1.26 bits per heavy atom. The second-order valence-electron chi connectivity index (χ2n) is 9.29. The largest absolute Gasteiger partial charge is 0.469 e. The summed E-state index contributed by atoms with van der Waals surface area (Å²) in [7, 11) is 1.55. The van der Waals surface area contributed by atoms with E-state index in [1.54, 1.807) is 12.7 Å². The summed E-state index contributed by atoms with van der Waals surface area (Å²) in [4.78, 5) is 12.6. The van der Waals surface area contributed by atoms with Gasteiger partial charge in [-0.2, -0.15) is 0 Å². The van der Waals surface area contributed by atoms with E-state index in [1.165, 1.54) is 32.1 Å². The second-order valence-corrected chi connectivity index (χ2v) is 9.29. The molecule has 2 bridgehead atoms. The third-order valence-corrected chi connectivity index (χ3v) is 8.11. The Labute approximate surface area is 140 Å². The number of carbonyl (C=O) groups excluding carboxylic acids is 1. The maximum atomic E-state index is 12.6. The van der Waals surface area contributed by atoms with Crippen molar-refractivity contribution in [2.45, 2.75) is 65.7 Å². The summed E-state index contributed by atoms with van der Waals surface area (Å²) in [5, 5.41) is 0. The van der Waals surface area contributed by atoms with Gasteiger partial charge in [-0.05, 0) is 74.9 Å². The van der Waals surface area contributed by atoms with Gasteiger partial charge in [0.05, 0.1) is 12.5 Å². The average molecular weight is 314 g/mol. The van der Waals surface area contributed by atoms with Crippen molar-refractivity contribution in [3.63, 3.8) is 0 Å². The van der Waals surface area contributed by atoms with Crippen LogP contribution in [0.4, 0.5) is 0 Å². The maximum absolute atomic E-state index is 12.6. The van der Waals surface area contributed by atoms with Crippen LogP contribution in [0.15, 0.2) is 17.4 Å². The lowest BCUT2D eigenvalue weighted by Crippen LogP contribution is -2.54. The summed E-state index contributed by atoms with van der Waals surface area (Å²) in [6.07, 6.45) is 10.7. The zero-order chi connectivity index (χ0) is 16.5. The van der Waals surface area contributed by atoms with Crippen LogP contribution in [-0.2, 0) is 9.53 Å². The van der Waals surface area contributed by atoms with Gasteiger partial charge in [0.15, 0.2) is 0 Å². The molecule has 0 saturated heterocycles. The van der Waals surface area contributed by atoms with Crippen molar-refractivity contribution in [2.24, 2.45) is 34.0 Å². The molecule has 6 atom stereocenters. The minimum Gasteiger partial charge on any atom is -0.469 e. The maximum Gasteiger partial charge on any atom is 0.311 e. The Balaban J connectivity index is 1.79.